The molecular weight excluding hydrogens is 448 g/mol. The number of benzene rings is 2. The van der Waals surface area contributed by atoms with Crippen molar-refractivity contribution >= 4 is 28.2 Å². The van der Waals surface area contributed by atoms with Crippen LogP contribution in [0.5, 0.6) is 0 Å². The number of nitrogens with one attached hydrogen (secondary N) is 2. The van der Waals surface area contributed by atoms with Gasteiger partial charge < -0.3 is 15.5 Å². The SMILES string of the molecule is CN(C)c1ccc(C(=O)NC2CCCC(Nc3cc(C(F)(F)F)nc4ccc(F)cc34)C2)cc1. The van der Waals surface area contributed by atoms with Crippen LogP contribution in [0.1, 0.15) is 41.7 Å². The number of anilines is 2. The molecule has 2 aromatic carbocycles. The Balaban J connectivity index is 1.49. The maximum Gasteiger partial charge on any atom is 0.433 e. The number of carbonyl (C=O) groups is 1. The molecule has 0 bridgehead atoms. The first kappa shape index (κ1) is 23.8. The van der Waals surface area contributed by atoms with E-state index in [1.54, 1.807) is 12.1 Å². The predicted molar refractivity (Wildman–Crippen MR) is 125 cm³/mol. The zero-order valence-corrected chi connectivity index (χ0v) is 18.9. The van der Waals surface area contributed by atoms with Gasteiger partial charge >= 0.3 is 6.18 Å². The molecule has 3 aromatic rings. The van der Waals surface area contributed by atoms with Crippen LogP contribution >= 0.6 is 0 Å². The second-order valence-corrected chi connectivity index (χ2v) is 8.83. The van der Waals surface area contributed by atoms with E-state index in [0.717, 1.165) is 37.1 Å². The first-order valence-corrected chi connectivity index (χ1v) is 11.1. The van der Waals surface area contributed by atoms with Crippen molar-refractivity contribution in [2.45, 2.75) is 43.9 Å². The molecule has 5 nitrogen and oxygen atoms in total. The number of hydrogen-bond acceptors (Lipinski definition) is 4. The minimum atomic E-state index is -4.62. The fourth-order valence-corrected chi connectivity index (χ4v) is 4.31. The maximum absolute atomic E-state index is 13.8. The van der Waals surface area contributed by atoms with Crippen LogP contribution in [0.25, 0.3) is 10.9 Å². The highest BCUT2D eigenvalue weighted by Crippen LogP contribution is 2.34. The van der Waals surface area contributed by atoms with Gasteiger partial charge in [-0.3, -0.25) is 4.79 Å². The topological polar surface area (TPSA) is 57.3 Å². The molecular formula is C25H26F4N4O. The molecule has 0 radical (unpaired) electrons. The molecule has 0 aliphatic heterocycles. The molecule has 180 valence electrons. The molecule has 1 fully saturated rings. The highest BCUT2D eigenvalue weighted by atomic mass is 19.4. The molecule has 0 saturated heterocycles. The molecule has 1 aliphatic rings. The van der Waals surface area contributed by atoms with E-state index in [-0.39, 0.29) is 29.2 Å². The van der Waals surface area contributed by atoms with Crippen molar-refractivity contribution in [1.82, 2.24) is 10.3 Å². The predicted octanol–water partition coefficient (Wildman–Crippen LogP) is 5.61. The number of pyridine rings is 1. The molecule has 1 amide bonds. The molecule has 0 spiro atoms. The molecule has 1 aromatic heterocycles. The third-order valence-electron chi connectivity index (χ3n) is 6.08. The van der Waals surface area contributed by atoms with Crippen LogP contribution in [0.4, 0.5) is 28.9 Å². The number of alkyl halides is 3. The smallest absolute Gasteiger partial charge is 0.382 e. The second-order valence-electron chi connectivity index (χ2n) is 8.83. The summed E-state index contributed by atoms with van der Waals surface area (Å²) in [6.45, 7) is 0. The Morgan fingerprint density at radius 1 is 1.03 bits per heavy atom. The van der Waals surface area contributed by atoms with Crippen molar-refractivity contribution in [3.8, 4) is 0 Å². The number of halogens is 4. The van der Waals surface area contributed by atoms with Gasteiger partial charge in [0.15, 0.2) is 0 Å². The molecule has 34 heavy (non-hydrogen) atoms. The quantitative estimate of drug-likeness (QED) is 0.472. The van der Waals surface area contributed by atoms with Crippen LogP contribution < -0.4 is 15.5 Å². The standard InChI is InChI=1S/C25H26F4N4O/c1-33(2)19-9-6-15(7-10-19)24(34)31-18-5-3-4-17(13-18)30-22-14-23(25(27,28)29)32-21-11-8-16(26)12-20(21)22/h6-12,14,17-18H,3-5,13H2,1-2H3,(H,30,32)(H,31,34). The van der Waals surface area contributed by atoms with Crippen LogP contribution in [0, 0.1) is 5.82 Å². The Kier molecular flexibility index (Phi) is 6.63. The Hall–Kier alpha value is -3.36. The van der Waals surface area contributed by atoms with E-state index < -0.39 is 17.7 Å². The third-order valence-corrected chi connectivity index (χ3v) is 6.08. The number of nitrogens with zero attached hydrogens (tertiary/aromatic N) is 2. The summed E-state index contributed by atoms with van der Waals surface area (Å²) in [7, 11) is 3.84. The van der Waals surface area contributed by atoms with Gasteiger partial charge in [0, 0.05) is 48.5 Å². The maximum atomic E-state index is 13.8. The van der Waals surface area contributed by atoms with Gasteiger partial charge in [-0.05, 0) is 74.2 Å². The largest absolute Gasteiger partial charge is 0.433 e. The fourth-order valence-electron chi connectivity index (χ4n) is 4.31. The molecule has 1 saturated carbocycles. The van der Waals surface area contributed by atoms with Crippen molar-refractivity contribution in [1.29, 1.82) is 0 Å². The molecule has 1 heterocycles. The summed E-state index contributed by atoms with van der Waals surface area (Å²) in [6, 6.07) is 11.4. The lowest BCUT2D eigenvalue weighted by Gasteiger charge is -2.31. The zero-order chi connectivity index (χ0) is 24.5. The molecule has 2 atom stereocenters. The van der Waals surface area contributed by atoms with Crippen LogP contribution in [0.2, 0.25) is 0 Å². The van der Waals surface area contributed by atoms with Crippen molar-refractivity contribution in [3.63, 3.8) is 0 Å². The van der Waals surface area contributed by atoms with E-state index in [9.17, 15) is 22.4 Å². The lowest BCUT2D eigenvalue weighted by Crippen LogP contribution is -2.41. The number of carbonyl (C=O) groups excluding carboxylic acids is 1. The second kappa shape index (κ2) is 9.48. The molecule has 2 unspecified atom stereocenters. The minimum absolute atomic E-state index is 0.0700. The Morgan fingerprint density at radius 2 is 1.74 bits per heavy atom. The summed E-state index contributed by atoms with van der Waals surface area (Å²) in [5.41, 5.74) is 0.758. The Morgan fingerprint density at radius 3 is 2.41 bits per heavy atom. The zero-order valence-electron chi connectivity index (χ0n) is 18.9. The van der Waals surface area contributed by atoms with Crippen molar-refractivity contribution < 1.29 is 22.4 Å². The highest BCUT2D eigenvalue weighted by Gasteiger charge is 2.34. The fraction of sp³-hybridized carbons (Fsp3) is 0.360. The van der Waals surface area contributed by atoms with E-state index in [1.165, 1.54) is 12.1 Å². The molecule has 2 N–H and O–H groups in total. The van der Waals surface area contributed by atoms with E-state index in [1.807, 2.05) is 31.1 Å². The van der Waals surface area contributed by atoms with Gasteiger partial charge in [0.1, 0.15) is 11.5 Å². The first-order chi connectivity index (χ1) is 16.1. The van der Waals surface area contributed by atoms with Crippen LogP contribution in [0.3, 0.4) is 0 Å². The minimum Gasteiger partial charge on any atom is -0.382 e. The number of fused-ring (bicyclic) bond motifs is 1. The number of hydrogen-bond donors (Lipinski definition) is 2. The van der Waals surface area contributed by atoms with Crippen molar-refractivity contribution in [2.24, 2.45) is 0 Å². The van der Waals surface area contributed by atoms with E-state index in [0.29, 0.717) is 17.4 Å². The normalized spacial score (nSPS) is 18.5. The van der Waals surface area contributed by atoms with Gasteiger partial charge in [0.05, 0.1) is 5.52 Å². The summed E-state index contributed by atoms with van der Waals surface area (Å²) in [5, 5.41) is 6.49. The van der Waals surface area contributed by atoms with E-state index in [2.05, 4.69) is 15.6 Å². The summed E-state index contributed by atoms with van der Waals surface area (Å²) in [4.78, 5) is 18.3. The van der Waals surface area contributed by atoms with E-state index in [4.69, 9.17) is 0 Å². The Labute approximate surface area is 195 Å². The molecule has 4 rings (SSSR count). The average molecular weight is 475 g/mol. The molecule has 1 aliphatic carbocycles. The van der Waals surface area contributed by atoms with Gasteiger partial charge in [-0.2, -0.15) is 13.2 Å². The first-order valence-electron chi connectivity index (χ1n) is 11.1. The van der Waals surface area contributed by atoms with Gasteiger partial charge in [-0.1, -0.05) is 0 Å². The van der Waals surface area contributed by atoms with Gasteiger partial charge in [0.2, 0.25) is 0 Å². The number of amides is 1. The Bertz CT molecular complexity index is 1180. The number of rotatable bonds is 5. The van der Waals surface area contributed by atoms with Crippen LogP contribution in [0.15, 0.2) is 48.5 Å². The lowest BCUT2D eigenvalue weighted by molar-refractivity contribution is -0.140. The van der Waals surface area contributed by atoms with Crippen LogP contribution in [-0.4, -0.2) is 37.1 Å². The summed E-state index contributed by atoms with van der Waals surface area (Å²) in [6.07, 6.45) is -1.78. The highest BCUT2D eigenvalue weighted by molar-refractivity contribution is 5.95. The van der Waals surface area contributed by atoms with Crippen molar-refractivity contribution in [3.05, 3.63) is 65.6 Å². The molecule has 9 heteroatoms. The summed E-state index contributed by atoms with van der Waals surface area (Å²) < 4.78 is 54.0. The van der Waals surface area contributed by atoms with Crippen molar-refractivity contribution in [2.75, 3.05) is 24.3 Å². The lowest BCUT2D eigenvalue weighted by atomic mass is 9.90. The number of aromatic nitrogens is 1. The van der Waals surface area contributed by atoms with E-state index >= 15 is 0 Å². The summed E-state index contributed by atoms with van der Waals surface area (Å²) in [5.74, 6) is -0.738. The monoisotopic (exact) mass is 474 g/mol. The third kappa shape index (κ3) is 5.40. The average Bonchev–Trinajstić information content (AvgIpc) is 2.79. The summed E-state index contributed by atoms with van der Waals surface area (Å²) >= 11 is 0. The van der Waals surface area contributed by atoms with Gasteiger partial charge in [-0.25, -0.2) is 9.37 Å². The van der Waals surface area contributed by atoms with Gasteiger partial charge in [-0.15, -0.1) is 0 Å². The van der Waals surface area contributed by atoms with Gasteiger partial charge in [0.25, 0.3) is 5.91 Å². The van der Waals surface area contributed by atoms with Crippen LogP contribution in [-0.2, 0) is 6.18 Å².